The van der Waals surface area contributed by atoms with Crippen LogP contribution in [0.15, 0.2) is 30.9 Å². The highest BCUT2D eigenvalue weighted by molar-refractivity contribution is 6.30. The van der Waals surface area contributed by atoms with E-state index in [2.05, 4.69) is 31.8 Å². The minimum absolute atomic E-state index is 0.408. The van der Waals surface area contributed by atoms with Gasteiger partial charge in [0.15, 0.2) is 0 Å². The highest BCUT2D eigenvalue weighted by atomic mass is 35.5. The summed E-state index contributed by atoms with van der Waals surface area (Å²) in [6.45, 7) is 9.15. The largest absolute Gasteiger partial charge is 0.310 e. The zero-order chi connectivity index (χ0) is 12.7. The Morgan fingerprint density at radius 3 is 2.82 bits per heavy atom. The van der Waals surface area contributed by atoms with Gasteiger partial charge >= 0.3 is 0 Å². The average molecular weight is 252 g/mol. The van der Waals surface area contributed by atoms with E-state index in [1.165, 1.54) is 11.1 Å². The fourth-order valence-corrected chi connectivity index (χ4v) is 2.23. The van der Waals surface area contributed by atoms with Gasteiger partial charge in [0, 0.05) is 11.1 Å². The van der Waals surface area contributed by atoms with Crippen molar-refractivity contribution >= 4 is 11.6 Å². The number of rotatable bonds is 7. The molecule has 0 spiro atoms. The molecule has 2 heteroatoms. The highest BCUT2D eigenvalue weighted by Gasteiger charge is 2.12. The van der Waals surface area contributed by atoms with Crippen LogP contribution in [-0.4, -0.2) is 6.54 Å². The van der Waals surface area contributed by atoms with Crippen molar-refractivity contribution in [3.05, 3.63) is 47.0 Å². The van der Waals surface area contributed by atoms with Crippen molar-refractivity contribution in [2.24, 2.45) is 0 Å². The van der Waals surface area contributed by atoms with E-state index in [1.54, 1.807) is 0 Å². The molecule has 0 fully saturated rings. The van der Waals surface area contributed by atoms with Crippen LogP contribution >= 0.6 is 11.6 Å². The van der Waals surface area contributed by atoms with Gasteiger partial charge in [-0.25, -0.2) is 0 Å². The Balaban J connectivity index is 2.82. The minimum Gasteiger partial charge on any atom is -0.310 e. The van der Waals surface area contributed by atoms with Crippen LogP contribution in [0.25, 0.3) is 0 Å². The van der Waals surface area contributed by atoms with Gasteiger partial charge in [0.05, 0.1) is 0 Å². The van der Waals surface area contributed by atoms with E-state index in [1.807, 2.05) is 18.2 Å². The summed E-state index contributed by atoms with van der Waals surface area (Å²) < 4.78 is 0. The van der Waals surface area contributed by atoms with Crippen LogP contribution in [0.1, 0.15) is 43.4 Å². The molecule has 0 aliphatic heterocycles. The third-order valence-electron chi connectivity index (χ3n) is 2.91. The number of aryl methyl sites for hydroxylation is 1. The molecule has 0 bridgehead atoms. The fourth-order valence-electron chi connectivity index (χ4n) is 2.00. The maximum atomic E-state index is 5.99. The number of hydrogen-bond acceptors (Lipinski definition) is 1. The van der Waals surface area contributed by atoms with E-state index in [4.69, 9.17) is 11.6 Å². The number of benzene rings is 1. The molecule has 0 saturated carbocycles. The molecule has 94 valence electrons. The third kappa shape index (κ3) is 4.53. The lowest BCUT2D eigenvalue weighted by Gasteiger charge is -2.20. The van der Waals surface area contributed by atoms with Crippen LogP contribution in [0.2, 0.25) is 5.02 Å². The predicted octanol–water partition coefficient (Wildman–Crippen LogP) is 4.66. The van der Waals surface area contributed by atoms with Crippen molar-refractivity contribution in [1.29, 1.82) is 0 Å². The molecule has 1 aromatic carbocycles. The quantitative estimate of drug-likeness (QED) is 0.696. The summed E-state index contributed by atoms with van der Waals surface area (Å²) in [6, 6.07) is 6.54. The smallest absolute Gasteiger partial charge is 0.0408 e. The zero-order valence-corrected chi connectivity index (χ0v) is 11.6. The SMILES string of the molecule is C=CCCC(NCCC)c1ccc(Cl)cc1C. The van der Waals surface area contributed by atoms with Crippen molar-refractivity contribution in [3.8, 4) is 0 Å². The monoisotopic (exact) mass is 251 g/mol. The summed E-state index contributed by atoms with van der Waals surface area (Å²) in [5.41, 5.74) is 2.61. The lowest BCUT2D eigenvalue weighted by Crippen LogP contribution is -2.22. The Morgan fingerprint density at radius 1 is 1.47 bits per heavy atom. The van der Waals surface area contributed by atoms with Crippen molar-refractivity contribution in [2.75, 3.05) is 6.54 Å². The summed E-state index contributed by atoms with van der Waals surface area (Å²) in [4.78, 5) is 0. The van der Waals surface area contributed by atoms with Gasteiger partial charge in [0.2, 0.25) is 0 Å². The number of hydrogen-bond donors (Lipinski definition) is 1. The molecule has 1 atom stereocenters. The average Bonchev–Trinajstić information content (AvgIpc) is 2.30. The molecule has 0 aromatic heterocycles. The predicted molar refractivity (Wildman–Crippen MR) is 76.7 cm³/mol. The van der Waals surface area contributed by atoms with Gasteiger partial charge in [0.25, 0.3) is 0 Å². The molecule has 1 unspecified atom stereocenters. The molecule has 0 heterocycles. The first kappa shape index (κ1) is 14.3. The van der Waals surface area contributed by atoms with Crippen LogP contribution < -0.4 is 5.32 Å². The van der Waals surface area contributed by atoms with E-state index in [-0.39, 0.29) is 0 Å². The van der Waals surface area contributed by atoms with E-state index >= 15 is 0 Å². The van der Waals surface area contributed by atoms with Crippen LogP contribution in [0.3, 0.4) is 0 Å². The van der Waals surface area contributed by atoms with Gasteiger partial charge in [-0.15, -0.1) is 6.58 Å². The Bertz CT molecular complexity index is 360. The molecule has 1 rings (SSSR count). The van der Waals surface area contributed by atoms with E-state index in [9.17, 15) is 0 Å². The fraction of sp³-hybridized carbons (Fsp3) is 0.467. The normalized spacial score (nSPS) is 12.4. The molecule has 1 nitrogen and oxygen atoms in total. The maximum Gasteiger partial charge on any atom is 0.0408 e. The molecule has 1 aromatic rings. The van der Waals surface area contributed by atoms with Crippen molar-refractivity contribution in [2.45, 2.75) is 39.2 Å². The summed E-state index contributed by atoms with van der Waals surface area (Å²) in [6.07, 6.45) is 5.25. The first-order valence-electron chi connectivity index (χ1n) is 6.29. The molecular weight excluding hydrogens is 230 g/mol. The zero-order valence-electron chi connectivity index (χ0n) is 10.8. The summed E-state index contributed by atoms with van der Waals surface area (Å²) in [7, 11) is 0. The van der Waals surface area contributed by atoms with Crippen molar-refractivity contribution in [1.82, 2.24) is 5.32 Å². The number of nitrogens with one attached hydrogen (secondary N) is 1. The van der Waals surface area contributed by atoms with Crippen molar-refractivity contribution < 1.29 is 0 Å². The lowest BCUT2D eigenvalue weighted by atomic mass is 9.97. The molecule has 17 heavy (non-hydrogen) atoms. The minimum atomic E-state index is 0.408. The van der Waals surface area contributed by atoms with Gasteiger partial charge in [-0.05, 0) is 56.0 Å². The molecule has 0 saturated heterocycles. The second-order valence-electron chi connectivity index (χ2n) is 4.37. The van der Waals surface area contributed by atoms with Gasteiger partial charge < -0.3 is 5.32 Å². The molecule has 1 N–H and O–H groups in total. The first-order valence-corrected chi connectivity index (χ1v) is 6.67. The topological polar surface area (TPSA) is 12.0 Å². The molecule has 0 radical (unpaired) electrons. The summed E-state index contributed by atoms with van der Waals surface area (Å²) >= 11 is 5.99. The first-order chi connectivity index (χ1) is 8.19. The molecule has 0 amide bonds. The van der Waals surface area contributed by atoms with Gasteiger partial charge in [-0.1, -0.05) is 30.7 Å². The van der Waals surface area contributed by atoms with E-state index < -0.39 is 0 Å². The van der Waals surface area contributed by atoms with Gasteiger partial charge in [-0.3, -0.25) is 0 Å². The second-order valence-corrected chi connectivity index (χ2v) is 4.81. The van der Waals surface area contributed by atoms with Crippen LogP contribution in [0.4, 0.5) is 0 Å². The van der Waals surface area contributed by atoms with Crippen LogP contribution in [-0.2, 0) is 0 Å². The second kappa shape index (κ2) is 7.52. The maximum absolute atomic E-state index is 5.99. The third-order valence-corrected chi connectivity index (χ3v) is 3.14. The van der Waals surface area contributed by atoms with Gasteiger partial charge in [0.1, 0.15) is 0 Å². The van der Waals surface area contributed by atoms with E-state index in [0.717, 1.165) is 30.8 Å². The number of halogens is 1. The Morgan fingerprint density at radius 2 is 2.24 bits per heavy atom. The summed E-state index contributed by atoms with van der Waals surface area (Å²) in [5.74, 6) is 0. The number of allylic oxidation sites excluding steroid dienone is 1. The Hall–Kier alpha value is -0.790. The lowest BCUT2D eigenvalue weighted by molar-refractivity contribution is 0.501. The highest BCUT2D eigenvalue weighted by Crippen LogP contribution is 2.24. The van der Waals surface area contributed by atoms with E-state index in [0.29, 0.717) is 6.04 Å². The Labute approximate surface area is 110 Å². The molecule has 0 aliphatic carbocycles. The van der Waals surface area contributed by atoms with Gasteiger partial charge in [-0.2, -0.15) is 0 Å². The standard InChI is InChI=1S/C15H22ClN/c1-4-6-7-15(17-10-5-2)14-9-8-13(16)11-12(14)3/h4,8-9,11,15,17H,1,5-7,10H2,2-3H3. The Kier molecular flexibility index (Phi) is 6.31. The van der Waals surface area contributed by atoms with Crippen LogP contribution in [0.5, 0.6) is 0 Å². The van der Waals surface area contributed by atoms with Crippen LogP contribution in [0, 0.1) is 6.92 Å². The van der Waals surface area contributed by atoms with Crippen molar-refractivity contribution in [3.63, 3.8) is 0 Å². The summed E-state index contributed by atoms with van der Waals surface area (Å²) in [5, 5.41) is 4.40. The molecule has 0 aliphatic rings. The molecular formula is C15H22ClN.